The first kappa shape index (κ1) is 11.8. The van der Waals surface area contributed by atoms with Crippen molar-refractivity contribution in [3.8, 4) is 0 Å². The van der Waals surface area contributed by atoms with E-state index in [1.807, 2.05) is 6.07 Å². The molecule has 2 heterocycles. The molecular weight excluding hydrogens is 262 g/mol. The minimum atomic E-state index is 0.526. The molecule has 0 saturated carbocycles. The van der Waals surface area contributed by atoms with Gasteiger partial charge in [0.05, 0.1) is 0 Å². The second-order valence-electron chi connectivity index (χ2n) is 3.11. The Balaban J connectivity index is 1.94. The highest BCUT2D eigenvalue weighted by Crippen LogP contribution is 2.24. The van der Waals surface area contributed by atoms with E-state index in [4.69, 9.17) is 11.6 Å². The van der Waals surface area contributed by atoms with Gasteiger partial charge in [-0.25, -0.2) is 9.97 Å². The zero-order chi connectivity index (χ0) is 11.4. The Labute approximate surface area is 107 Å². The van der Waals surface area contributed by atoms with Crippen LogP contribution in [0.1, 0.15) is 18.3 Å². The van der Waals surface area contributed by atoms with Gasteiger partial charge in [0, 0.05) is 18.4 Å². The van der Waals surface area contributed by atoms with E-state index in [1.54, 1.807) is 24.0 Å². The van der Waals surface area contributed by atoms with E-state index in [9.17, 15) is 0 Å². The van der Waals surface area contributed by atoms with Crippen molar-refractivity contribution in [3.05, 3.63) is 34.9 Å². The molecule has 0 aliphatic heterocycles. The van der Waals surface area contributed by atoms with Gasteiger partial charge < -0.3 is 0 Å². The van der Waals surface area contributed by atoms with Crippen LogP contribution in [0.5, 0.6) is 0 Å². The zero-order valence-corrected chi connectivity index (χ0v) is 11.1. The van der Waals surface area contributed by atoms with Crippen LogP contribution in [0.15, 0.2) is 22.7 Å². The molecule has 0 amide bonds. The number of hydrogen-bond acceptors (Lipinski definition) is 5. The number of rotatable bonds is 4. The van der Waals surface area contributed by atoms with E-state index >= 15 is 0 Å². The van der Waals surface area contributed by atoms with Crippen molar-refractivity contribution in [2.75, 3.05) is 0 Å². The van der Waals surface area contributed by atoms with E-state index in [2.05, 4.69) is 21.3 Å². The first-order valence-corrected chi connectivity index (χ1v) is 6.97. The SMILES string of the molecule is CCc1nsc(SCc2ccc(Cl)nc2)n1. The Bertz CT molecular complexity index is 455. The molecule has 0 fully saturated rings. The quantitative estimate of drug-likeness (QED) is 0.631. The van der Waals surface area contributed by atoms with Crippen LogP contribution in [0.25, 0.3) is 0 Å². The largest absolute Gasteiger partial charge is 0.244 e. The van der Waals surface area contributed by atoms with E-state index in [1.165, 1.54) is 11.5 Å². The van der Waals surface area contributed by atoms with E-state index < -0.39 is 0 Å². The first-order valence-electron chi connectivity index (χ1n) is 4.83. The van der Waals surface area contributed by atoms with Crippen molar-refractivity contribution in [1.82, 2.24) is 14.3 Å². The summed E-state index contributed by atoms with van der Waals surface area (Å²) in [5.74, 6) is 1.77. The molecule has 0 spiro atoms. The predicted octanol–water partition coefficient (Wildman–Crippen LogP) is 3.44. The second-order valence-corrected chi connectivity index (χ2v) is 5.47. The zero-order valence-electron chi connectivity index (χ0n) is 8.68. The number of thioether (sulfide) groups is 1. The molecule has 16 heavy (non-hydrogen) atoms. The lowest BCUT2D eigenvalue weighted by Gasteiger charge is -1.97. The third-order valence-electron chi connectivity index (χ3n) is 1.92. The highest BCUT2D eigenvalue weighted by atomic mass is 35.5. The first-order chi connectivity index (χ1) is 7.78. The van der Waals surface area contributed by atoms with Crippen LogP contribution in [0.4, 0.5) is 0 Å². The van der Waals surface area contributed by atoms with Crippen LogP contribution in [0.2, 0.25) is 5.15 Å². The smallest absolute Gasteiger partial charge is 0.170 e. The highest BCUT2D eigenvalue weighted by Gasteiger charge is 2.03. The highest BCUT2D eigenvalue weighted by molar-refractivity contribution is 8.00. The minimum absolute atomic E-state index is 0.526. The normalized spacial score (nSPS) is 10.6. The number of halogens is 1. The lowest BCUT2D eigenvalue weighted by molar-refractivity contribution is 0.971. The molecule has 0 aliphatic carbocycles. The second kappa shape index (κ2) is 5.61. The Hall–Kier alpha value is -0.650. The average molecular weight is 272 g/mol. The monoisotopic (exact) mass is 271 g/mol. The van der Waals surface area contributed by atoms with Crippen molar-refractivity contribution in [2.24, 2.45) is 0 Å². The van der Waals surface area contributed by atoms with Gasteiger partial charge in [0.25, 0.3) is 0 Å². The molecular formula is C10H10ClN3S2. The summed E-state index contributed by atoms with van der Waals surface area (Å²) in [6.45, 7) is 2.06. The van der Waals surface area contributed by atoms with Crippen molar-refractivity contribution in [1.29, 1.82) is 0 Å². The molecule has 0 aliphatic rings. The molecule has 6 heteroatoms. The maximum absolute atomic E-state index is 5.71. The number of nitrogens with zero attached hydrogens (tertiary/aromatic N) is 3. The maximum atomic E-state index is 5.71. The number of aromatic nitrogens is 3. The predicted molar refractivity (Wildman–Crippen MR) is 68.1 cm³/mol. The Morgan fingerprint density at radius 1 is 1.44 bits per heavy atom. The molecule has 0 radical (unpaired) electrons. The minimum Gasteiger partial charge on any atom is -0.244 e. The van der Waals surface area contributed by atoms with Crippen LogP contribution in [-0.2, 0) is 12.2 Å². The molecule has 2 rings (SSSR count). The Morgan fingerprint density at radius 3 is 2.94 bits per heavy atom. The fourth-order valence-corrected chi connectivity index (χ4v) is 2.82. The summed E-state index contributed by atoms with van der Waals surface area (Å²) in [6.07, 6.45) is 2.68. The standard InChI is InChI=1S/C10H10ClN3S2/c1-2-9-13-10(16-14-9)15-6-7-3-4-8(11)12-5-7/h3-5H,2,6H2,1H3. The summed E-state index contributed by atoms with van der Waals surface area (Å²) >= 11 is 8.84. The Morgan fingerprint density at radius 2 is 2.31 bits per heavy atom. The summed E-state index contributed by atoms with van der Waals surface area (Å²) in [5, 5.41) is 0.526. The molecule has 0 aromatic carbocycles. The van der Waals surface area contributed by atoms with Crippen LogP contribution >= 0.6 is 34.9 Å². The third-order valence-corrected chi connectivity index (χ3v) is 4.08. The number of hydrogen-bond donors (Lipinski definition) is 0. The molecule has 0 bridgehead atoms. The van der Waals surface area contributed by atoms with Gasteiger partial charge >= 0.3 is 0 Å². The van der Waals surface area contributed by atoms with Gasteiger partial charge in [-0.15, -0.1) is 0 Å². The van der Waals surface area contributed by atoms with Crippen LogP contribution in [0, 0.1) is 0 Å². The molecule has 0 N–H and O–H groups in total. The third kappa shape index (κ3) is 3.17. The van der Waals surface area contributed by atoms with Crippen LogP contribution in [-0.4, -0.2) is 14.3 Å². The van der Waals surface area contributed by atoms with Gasteiger partial charge in [-0.2, -0.15) is 4.37 Å². The average Bonchev–Trinajstić information content (AvgIpc) is 2.76. The van der Waals surface area contributed by atoms with Gasteiger partial charge in [-0.1, -0.05) is 36.4 Å². The molecule has 2 aromatic heterocycles. The summed E-state index contributed by atoms with van der Waals surface area (Å²) in [6, 6.07) is 3.78. The summed E-state index contributed by atoms with van der Waals surface area (Å²) < 4.78 is 5.24. The lowest BCUT2D eigenvalue weighted by Crippen LogP contribution is -1.84. The molecule has 0 saturated heterocycles. The topological polar surface area (TPSA) is 38.7 Å². The van der Waals surface area contributed by atoms with Gasteiger partial charge in [0.15, 0.2) is 4.34 Å². The van der Waals surface area contributed by atoms with Gasteiger partial charge in [-0.05, 0) is 23.2 Å². The number of aryl methyl sites for hydroxylation is 1. The summed E-state index contributed by atoms with van der Waals surface area (Å²) in [7, 11) is 0. The molecule has 0 atom stereocenters. The summed E-state index contributed by atoms with van der Waals surface area (Å²) in [5.41, 5.74) is 1.14. The van der Waals surface area contributed by atoms with E-state index in [0.717, 1.165) is 27.9 Å². The van der Waals surface area contributed by atoms with Crippen molar-refractivity contribution in [3.63, 3.8) is 0 Å². The fraction of sp³-hybridized carbons (Fsp3) is 0.300. The molecule has 2 aromatic rings. The van der Waals surface area contributed by atoms with Crippen LogP contribution < -0.4 is 0 Å². The van der Waals surface area contributed by atoms with Gasteiger partial charge in [0.1, 0.15) is 11.0 Å². The summed E-state index contributed by atoms with van der Waals surface area (Å²) in [4.78, 5) is 8.42. The van der Waals surface area contributed by atoms with Gasteiger partial charge in [0.2, 0.25) is 0 Å². The molecule has 84 valence electrons. The Kier molecular flexibility index (Phi) is 4.15. The lowest BCUT2D eigenvalue weighted by atomic mass is 10.3. The molecule has 3 nitrogen and oxygen atoms in total. The fourth-order valence-electron chi connectivity index (χ4n) is 1.08. The van der Waals surface area contributed by atoms with E-state index in [-0.39, 0.29) is 0 Å². The molecule has 0 unspecified atom stereocenters. The van der Waals surface area contributed by atoms with E-state index in [0.29, 0.717) is 5.15 Å². The van der Waals surface area contributed by atoms with Crippen molar-refractivity contribution >= 4 is 34.9 Å². The van der Waals surface area contributed by atoms with Gasteiger partial charge in [-0.3, -0.25) is 0 Å². The van der Waals surface area contributed by atoms with Crippen molar-refractivity contribution in [2.45, 2.75) is 23.4 Å². The number of pyridine rings is 1. The van der Waals surface area contributed by atoms with Crippen LogP contribution in [0.3, 0.4) is 0 Å². The van der Waals surface area contributed by atoms with Crippen molar-refractivity contribution < 1.29 is 0 Å². The maximum Gasteiger partial charge on any atom is 0.170 e.